The van der Waals surface area contributed by atoms with Gasteiger partial charge in [-0.15, -0.1) is 0 Å². The Hall–Kier alpha value is -1.87. The average molecular weight is 259 g/mol. The van der Waals surface area contributed by atoms with Gasteiger partial charge in [0.15, 0.2) is 0 Å². The molecule has 0 heterocycles. The molecule has 3 heteroatoms. The first-order valence-corrected chi connectivity index (χ1v) is 6.42. The molecule has 1 atom stereocenters. The number of halogens is 1. The minimum Gasteiger partial charge on any atom is -0.508 e. The zero-order valence-electron chi connectivity index (χ0n) is 10.9. The van der Waals surface area contributed by atoms with Gasteiger partial charge in [-0.3, -0.25) is 0 Å². The Labute approximate surface area is 112 Å². The summed E-state index contributed by atoms with van der Waals surface area (Å²) in [4.78, 5) is 0. The van der Waals surface area contributed by atoms with Crippen molar-refractivity contribution in [3.63, 3.8) is 0 Å². The van der Waals surface area contributed by atoms with E-state index in [0.29, 0.717) is 0 Å². The summed E-state index contributed by atoms with van der Waals surface area (Å²) in [5.74, 6) is 0.0800. The fourth-order valence-electron chi connectivity index (χ4n) is 1.96. The van der Waals surface area contributed by atoms with E-state index in [-0.39, 0.29) is 17.6 Å². The molecule has 0 saturated carbocycles. The average Bonchev–Trinajstić information content (AvgIpc) is 2.41. The fourth-order valence-corrected chi connectivity index (χ4v) is 1.96. The monoisotopic (exact) mass is 259 g/mol. The van der Waals surface area contributed by atoms with Crippen LogP contribution in [0.4, 0.5) is 4.39 Å². The molecule has 0 amide bonds. The third-order valence-corrected chi connectivity index (χ3v) is 3.17. The van der Waals surface area contributed by atoms with Gasteiger partial charge < -0.3 is 10.4 Å². The SMILES string of the molecule is CC(NCCc1ccc(O)cc1)c1ccc(F)cc1. The molecule has 2 N–H and O–H groups in total. The molecule has 0 bridgehead atoms. The Morgan fingerprint density at radius 3 is 2.32 bits per heavy atom. The van der Waals surface area contributed by atoms with Crippen molar-refractivity contribution in [2.24, 2.45) is 0 Å². The van der Waals surface area contributed by atoms with Crippen LogP contribution >= 0.6 is 0 Å². The molecule has 1 unspecified atom stereocenters. The fraction of sp³-hybridized carbons (Fsp3) is 0.250. The normalized spacial score (nSPS) is 12.3. The van der Waals surface area contributed by atoms with Gasteiger partial charge in [0.2, 0.25) is 0 Å². The van der Waals surface area contributed by atoms with Crippen molar-refractivity contribution in [3.8, 4) is 5.75 Å². The lowest BCUT2D eigenvalue weighted by molar-refractivity contribution is 0.475. The van der Waals surface area contributed by atoms with Crippen molar-refractivity contribution >= 4 is 0 Å². The van der Waals surface area contributed by atoms with Crippen LogP contribution in [-0.2, 0) is 6.42 Å². The van der Waals surface area contributed by atoms with Crippen LogP contribution in [0, 0.1) is 5.82 Å². The number of aromatic hydroxyl groups is 1. The standard InChI is InChI=1S/C16H18FNO/c1-12(14-4-6-15(17)7-5-14)18-11-10-13-2-8-16(19)9-3-13/h2-9,12,18-19H,10-11H2,1H3. The first-order valence-electron chi connectivity index (χ1n) is 6.42. The second-order valence-electron chi connectivity index (χ2n) is 4.64. The maximum atomic E-state index is 12.8. The van der Waals surface area contributed by atoms with E-state index in [2.05, 4.69) is 12.2 Å². The third kappa shape index (κ3) is 4.07. The van der Waals surface area contributed by atoms with Crippen LogP contribution in [0.15, 0.2) is 48.5 Å². The smallest absolute Gasteiger partial charge is 0.123 e. The van der Waals surface area contributed by atoms with Gasteiger partial charge >= 0.3 is 0 Å². The summed E-state index contributed by atoms with van der Waals surface area (Å²) in [5, 5.41) is 12.6. The van der Waals surface area contributed by atoms with E-state index < -0.39 is 0 Å². The van der Waals surface area contributed by atoms with E-state index in [1.54, 1.807) is 24.3 Å². The summed E-state index contributed by atoms with van der Waals surface area (Å²) in [7, 11) is 0. The first-order chi connectivity index (χ1) is 9.15. The summed E-state index contributed by atoms with van der Waals surface area (Å²) >= 11 is 0. The van der Waals surface area contributed by atoms with Gasteiger partial charge in [0.25, 0.3) is 0 Å². The number of hydrogen-bond donors (Lipinski definition) is 2. The zero-order chi connectivity index (χ0) is 13.7. The molecule has 2 nitrogen and oxygen atoms in total. The molecule has 0 radical (unpaired) electrons. The Morgan fingerprint density at radius 1 is 1.05 bits per heavy atom. The highest BCUT2D eigenvalue weighted by atomic mass is 19.1. The Balaban J connectivity index is 1.82. The van der Waals surface area contributed by atoms with Crippen LogP contribution in [-0.4, -0.2) is 11.7 Å². The lowest BCUT2D eigenvalue weighted by Crippen LogP contribution is -2.21. The van der Waals surface area contributed by atoms with Gasteiger partial charge in [0.05, 0.1) is 0 Å². The molecule has 0 aliphatic rings. The largest absolute Gasteiger partial charge is 0.508 e. The lowest BCUT2D eigenvalue weighted by atomic mass is 10.1. The van der Waals surface area contributed by atoms with Crippen LogP contribution < -0.4 is 5.32 Å². The minimum absolute atomic E-state index is 0.192. The van der Waals surface area contributed by atoms with E-state index in [0.717, 1.165) is 18.5 Å². The van der Waals surface area contributed by atoms with Crippen molar-refractivity contribution in [3.05, 3.63) is 65.5 Å². The molecule has 0 spiro atoms. The summed E-state index contributed by atoms with van der Waals surface area (Å²) in [5.41, 5.74) is 2.25. The molecule has 0 aliphatic carbocycles. The predicted octanol–water partition coefficient (Wildman–Crippen LogP) is 3.42. The quantitative estimate of drug-likeness (QED) is 0.862. The summed E-state index contributed by atoms with van der Waals surface area (Å²) in [6.45, 7) is 2.90. The van der Waals surface area contributed by atoms with Crippen molar-refractivity contribution in [2.75, 3.05) is 6.54 Å². The highest BCUT2D eigenvalue weighted by Crippen LogP contribution is 2.13. The highest BCUT2D eigenvalue weighted by Gasteiger charge is 2.04. The topological polar surface area (TPSA) is 32.3 Å². The molecule has 2 aromatic rings. The second-order valence-corrected chi connectivity index (χ2v) is 4.64. The predicted molar refractivity (Wildman–Crippen MR) is 74.6 cm³/mol. The number of phenols is 1. The molecular formula is C16H18FNO. The molecule has 0 aliphatic heterocycles. The molecule has 0 saturated heterocycles. The van der Waals surface area contributed by atoms with Crippen molar-refractivity contribution in [1.82, 2.24) is 5.32 Å². The van der Waals surface area contributed by atoms with Gasteiger partial charge in [0, 0.05) is 6.04 Å². The Kier molecular flexibility index (Phi) is 4.53. The van der Waals surface area contributed by atoms with Crippen LogP contribution in [0.3, 0.4) is 0 Å². The van der Waals surface area contributed by atoms with E-state index in [9.17, 15) is 9.50 Å². The van der Waals surface area contributed by atoms with Crippen molar-refractivity contribution < 1.29 is 9.50 Å². The Bertz CT molecular complexity index is 507. The molecule has 19 heavy (non-hydrogen) atoms. The highest BCUT2D eigenvalue weighted by molar-refractivity contribution is 5.26. The summed E-state index contributed by atoms with van der Waals surface area (Å²) < 4.78 is 12.8. The first kappa shape index (κ1) is 13.6. The van der Waals surface area contributed by atoms with E-state index in [1.807, 2.05) is 12.1 Å². The number of nitrogens with one attached hydrogen (secondary N) is 1. The van der Waals surface area contributed by atoms with Crippen LogP contribution in [0.25, 0.3) is 0 Å². The van der Waals surface area contributed by atoms with E-state index in [1.165, 1.54) is 17.7 Å². The van der Waals surface area contributed by atoms with Gasteiger partial charge in [0.1, 0.15) is 11.6 Å². The number of phenolic OH excluding ortho intramolecular Hbond substituents is 1. The molecule has 100 valence electrons. The van der Waals surface area contributed by atoms with E-state index >= 15 is 0 Å². The Morgan fingerprint density at radius 2 is 1.68 bits per heavy atom. The molecule has 0 aromatic heterocycles. The maximum Gasteiger partial charge on any atom is 0.123 e. The molecule has 2 aromatic carbocycles. The van der Waals surface area contributed by atoms with Gasteiger partial charge in [-0.1, -0.05) is 24.3 Å². The van der Waals surface area contributed by atoms with Crippen LogP contribution in [0.1, 0.15) is 24.1 Å². The number of rotatable bonds is 5. The number of hydrogen-bond acceptors (Lipinski definition) is 2. The van der Waals surface area contributed by atoms with Gasteiger partial charge in [-0.05, 0) is 55.3 Å². The summed E-state index contributed by atoms with van der Waals surface area (Å²) in [6.07, 6.45) is 0.895. The van der Waals surface area contributed by atoms with Gasteiger partial charge in [-0.2, -0.15) is 0 Å². The van der Waals surface area contributed by atoms with Crippen molar-refractivity contribution in [2.45, 2.75) is 19.4 Å². The maximum absolute atomic E-state index is 12.8. The van der Waals surface area contributed by atoms with E-state index in [4.69, 9.17) is 0 Å². The third-order valence-electron chi connectivity index (χ3n) is 3.17. The van der Waals surface area contributed by atoms with Crippen molar-refractivity contribution in [1.29, 1.82) is 0 Å². The second kappa shape index (κ2) is 6.34. The minimum atomic E-state index is -0.208. The molecule has 0 fully saturated rings. The molecular weight excluding hydrogens is 241 g/mol. The number of benzene rings is 2. The van der Waals surface area contributed by atoms with Gasteiger partial charge in [-0.25, -0.2) is 4.39 Å². The lowest BCUT2D eigenvalue weighted by Gasteiger charge is -2.14. The summed E-state index contributed by atoms with van der Waals surface area (Å²) in [6, 6.07) is 14.0. The molecule has 2 rings (SSSR count). The van der Waals surface area contributed by atoms with Crippen LogP contribution in [0.2, 0.25) is 0 Å². The van der Waals surface area contributed by atoms with Crippen LogP contribution in [0.5, 0.6) is 5.75 Å². The zero-order valence-corrected chi connectivity index (χ0v) is 10.9.